The summed E-state index contributed by atoms with van der Waals surface area (Å²) in [6, 6.07) is 5.02. The number of nitrogens with zero attached hydrogens (tertiary/aromatic N) is 1. The average molecular weight is 256 g/mol. The van der Waals surface area contributed by atoms with Crippen molar-refractivity contribution in [3.8, 4) is 0 Å². The van der Waals surface area contributed by atoms with Gasteiger partial charge in [0.25, 0.3) is 5.91 Å². The second kappa shape index (κ2) is 5.68. The lowest BCUT2D eigenvalue weighted by Crippen LogP contribution is -2.35. The molecule has 0 saturated heterocycles. The van der Waals surface area contributed by atoms with Gasteiger partial charge in [-0.2, -0.15) is 0 Å². The Kier molecular flexibility index (Phi) is 4.52. The first-order valence-corrected chi connectivity index (χ1v) is 5.61. The van der Waals surface area contributed by atoms with Crippen molar-refractivity contribution in [1.29, 1.82) is 0 Å². The lowest BCUT2D eigenvalue weighted by Gasteiger charge is -2.19. The number of hydrogen-bond donors (Lipinski definition) is 1. The molecule has 0 saturated carbocycles. The highest BCUT2D eigenvalue weighted by molar-refractivity contribution is 6.31. The highest BCUT2D eigenvalue weighted by atomic mass is 35.5. The molecule has 0 heterocycles. The van der Waals surface area contributed by atoms with E-state index < -0.39 is 5.97 Å². The Morgan fingerprint density at radius 1 is 1.41 bits per heavy atom. The summed E-state index contributed by atoms with van der Waals surface area (Å²) in [5.74, 6) is -1.34. The van der Waals surface area contributed by atoms with Gasteiger partial charge < -0.3 is 10.0 Å². The second-order valence-corrected chi connectivity index (χ2v) is 4.03. The van der Waals surface area contributed by atoms with Gasteiger partial charge in [0.05, 0.1) is 0 Å². The molecule has 1 aromatic carbocycles. The van der Waals surface area contributed by atoms with Crippen LogP contribution < -0.4 is 0 Å². The van der Waals surface area contributed by atoms with E-state index in [9.17, 15) is 9.59 Å². The number of halogens is 1. The first-order valence-electron chi connectivity index (χ1n) is 5.23. The molecule has 1 rings (SSSR count). The van der Waals surface area contributed by atoms with Gasteiger partial charge in [-0.15, -0.1) is 0 Å². The SMILES string of the molecule is CCN(CC(=O)O)C(=O)c1cccc(Cl)c1C. The first kappa shape index (κ1) is 13.5. The molecular formula is C12H14ClNO3. The van der Waals surface area contributed by atoms with Crippen molar-refractivity contribution in [3.63, 3.8) is 0 Å². The highest BCUT2D eigenvalue weighted by Gasteiger charge is 2.19. The third-order valence-corrected chi connectivity index (χ3v) is 2.90. The van der Waals surface area contributed by atoms with Gasteiger partial charge in [-0.1, -0.05) is 17.7 Å². The second-order valence-electron chi connectivity index (χ2n) is 3.63. The topological polar surface area (TPSA) is 57.6 Å². The zero-order valence-electron chi connectivity index (χ0n) is 9.74. The van der Waals surface area contributed by atoms with Gasteiger partial charge in [0.2, 0.25) is 0 Å². The Labute approximate surface area is 105 Å². The van der Waals surface area contributed by atoms with Gasteiger partial charge in [0.15, 0.2) is 0 Å². The molecule has 0 bridgehead atoms. The summed E-state index contributed by atoms with van der Waals surface area (Å²) in [4.78, 5) is 24.0. The lowest BCUT2D eigenvalue weighted by atomic mass is 10.1. The van der Waals surface area contributed by atoms with E-state index in [1.807, 2.05) is 0 Å². The molecule has 0 spiro atoms. The monoisotopic (exact) mass is 255 g/mol. The number of carboxylic acids is 1. The zero-order chi connectivity index (χ0) is 13.0. The molecule has 1 N–H and O–H groups in total. The van der Waals surface area contributed by atoms with Gasteiger partial charge in [-0.05, 0) is 31.5 Å². The van der Waals surface area contributed by atoms with Gasteiger partial charge in [-0.3, -0.25) is 9.59 Å². The number of carboxylic acid groups (broad SMARTS) is 1. The Hall–Kier alpha value is -1.55. The van der Waals surface area contributed by atoms with Gasteiger partial charge in [0.1, 0.15) is 6.54 Å². The number of amides is 1. The zero-order valence-corrected chi connectivity index (χ0v) is 10.5. The number of rotatable bonds is 4. The van der Waals surface area contributed by atoms with Gasteiger partial charge >= 0.3 is 5.97 Å². The van der Waals surface area contributed by atoms with Crippen molar-refractivity contribution >= 4 is 23.5 Å². The van der Waals surface area contributed by atoms with E-state index in [4.69, 9.17) is 16.7 Å². The van der Waals surface area contributed by atoms with Crippen molar-refractivity contribution in [2.75, 3.05) is 13.1 Å². The molecule has 5 heteroatoms. The third kappa shape index (κ3) is 3.20. The maximum atomic E-state index is 12.1. The molecule has 0 unspecified atom stereocenters. The summed E-state index contributed by atoms with van der Waals surface area (Å²) in [6.45, 7) is 3.52. The molecule has 0 atom stereocenters. The normalized spacial score (nSPS) is 10.1. The average Bonchev–Trinajstić information content (AvgIpc) is 2.28. The Morgan fingerprint density at radius 3 is 2.59 bits per heavy atom. The molecular weight excluding hydrogens is 242 g/mol. The molecule has 1 amide bonds. The van der Waals surface area contributed by atoms with E-state index in [1.54, 1.807) is 32.0 Å². The van der Waals surface area contributed by atoms with Crippen LogP contribution in [-0.4, -0.2) is 35.0 Å². The van der Waals surface area contributed by atoms with Crippen LogP contribution in [0, 0.1) is 6.92 Å². The maximum Gasteiger partial charge on any atom is 0.323 e. The largest absolute Gasteiger partial charge is 0.480 e. The van der Waals surface area contributed by atoms with E-state index in [0.29, 0.717) is 22.7 Å². The van der Waals surface area contributed by atoms with Crippen LogP contribution in [0.25, 0.3) is 0 Å². The van der Waals surface area contributed by atoms with Crippen molar-refractivity contribution in [2.45, 2.75) is 13.8 Å². The fourth-order valence-corrected chi connectivity index (χ4v) is 1.67. The van der Waals surface area contributed by atoms with E-state index in [-0.39, 0.29) is 12.5 Å². The molecule has 17 heavy (non-hydrogen) atoms. The fraction of sp³-hybridized carbons (Fsp3) is 0.333. The van der Waals surface area contributed by atoms with Crippen molar-refractivity contribution < 1.29 is 14.7 Å². The molecule has 0 aliphatic heterocycles. The maximum absolute atomic E-state index is 12.1. The lowest BCUT2D eigenvalue weighted by molar-refractivity contribution is -0.137. The van der Waals surface area contributed by atoms with Crippen LogP contribution in [0.15, 0.2) is 18.2 Å². The van der Waals surface area contributed by atoms with E-state index in [1.165, 1.54) is 4.90 Å². The van der Waals surface area contributed by atoms with E-state index in [2.05, 4.69) is 0 Å². The van der Waals surface area contributed by atoms with Crippen LogP contribution in [0.3, 0.4) is 0 Å². The molecule has 0 aromatic heterocycles. The molecule has 92 valence electrons. The quantitative estimate of drug-likeness (QED) is 0.897. The van der Waals surface area contributed by atoms with Crippen LogP contribution in [0.1, 0.15) is 22.8 Å². The van der Waals surface area contributed by atoms with Crippen LogP contribution in [-0.2, 0) is 4.79 Å². The molecule has 4 nitrogen and oxygen atoms in total. The van der Waals surface area contributed by atoms with Crippen LogP contribution >= 0.6 is 11.6 Å². The number of aliphatic carboxylic acids is 1. The van der Waals surface area contributed by atoms with Gasteiger partial charge in [0, 0.05) is 17.1 Å². The molecule has 0 radical (unpaired) electrons. The van der Waals surface area contributed by atoms with E-state index >= 15 is 0 Å². The number of hydrogen-bond acceptors (Lipinski definition) is 2. The van der Waals surface area contributed by atoms with Crippen LogP contribution in [0.4, 0.5) is 0 Å². The predicted molar refractivity (Wildman–Crippen MR) is 65.4 cm³/mol. The molecule has 0 fully saturated rings. The third-order valence-electron chi connectivity index (χ3n) is 2.49. The summed E-state index contributed by atoms with van der Waals surface area (Å²) < 4.78 is 0. The first-order chi connectivity index (χ1) is 7.97. The minimum absolute atomic E-state index is 0.304. The van der Waals surface area contributed by atoms with Crippen molar-refractivity contribution in [1.82, 2.24) is 4.90 Å². The van der Waals surface area contributed by atoms with Crippen LogP contribution in [0.2, 0.25) is 5.02 Å². The highest BCUT2D eigenvalue weighted by Crippen LogP contribution is 2.20. The molecule has 0 aliphatic carbocycles. The predicted octanol–water partition coefficient (Wildman–Crippen LogP) is 2.20. The summed E-state index contributed by atoms with van der Waals surface area (Å²) in [5.41, 5.74) is 1.11. The number of carbonyl (C=O) groups is 2. The summed E-state index contributed by atoms with van der Waals surface area (Å²) in [7, 11) is 0. The van der Waals surface area contributed by atoms with Crippen molar-refractivity contribution in [2.24, 2.45) is 0 Å². The van der Waals surface area contributed by atoms with Gasteiger partial charge in [-0.25, -0.2) is 0 Å². The minimum Gasteiger partial charge on any atom is -0.480 e. The summed E-state index contributed by atoms with van der Waals surface area (Å²) >= 11 is 5.92. The van der Waals surface area contributed by atoms with Crippen LogP contribution in [0.5, 0.6) is 0 Å². The smallest absolute Gasteiger partial charge is 0.323 e. The summed E-state index contributed by atoms with van der Waals surface area (Å²) in [6.07, 6.45) is 0. The molecule has 0 aliphatic rings. The Bertz CT molecular complexity index is 445. The van der Waals surface area contributed by atoms with Crippen molar-refractivity contribution in [3.05, 3.63) is 34.3 Å². The number of carbonyl (C=O) groups excluding carboxylic acids is 1. The van der Waals surface area contributed by atoms with E-state index in [0.717, 1.165) is 0 Å². The Balaban J connectivity index is 3.02. The minimum atomic E-state index is -1.03. The number of benzene rings is 1. The summed E-state index contributed by atoms with van der Waals surface area (Å²) in [5, 5.41) is 9.22. The fourth-order valence-electron chi connectivity index (χ4n) is 1.50. The molecule has 1 aromatic rings. The standard InChI is InChI=1S/C12H14ClNO3/c1-3-14(7-11(15)16)12(17)9-5-4-6-10(13)8(9)2/h4-6H,3,7H2,1-2H3,(H,15,16). The Morgan fingerprint density at radius 2 is 2.06 bits per heavy atom. The number of likely N-dealkylation sites (N-methyl/N-ethyl adjacent to an activating group) is 1.